The van der Waals surface area contributed by atoms with Crippen LogP contribution in [0.25, 0.3) is 0 Å². The van der Waals surface area contributed by atoms with E-state index in [9.17, 15) is 18.0 Å². The number of aliphatic imine (C=N–C) groups is 1. The van der Waals surface area contributed by atoms with Crippen LogP contribution >= 0.6 is 12.4 Å². The van der Waals surface area contributed by atoms with Gasteiger partial charge in [0, 0.05) is 49.2 Å². The van der Waals surface area contributed by atoms with Crippen LogP contribution in [0.5, 0.6) is 11.5 Å². The number of hydrogen-bond acceptors (Lipinski definition) is 8. The second kappa shape index (κ2) is 13.0. The van der Waals surface area contributed by atoms with Crippen molar-refractivity contribution >= 4 is 41.4 Å². The first kappa shape index (κ1) is 31.7. The van der Waals surface area contributed by atoms with Crippen molar-refractivity contribution < 1.29 is 36.6 Å². The lowest BCUT2D eigenvalue weighted by Gasteiger charge is -2.45. The monoisotopic (exact) mass is 622 g/mol. The average Bonchev–Trinajstić information content (AvgIpc) is 3.00. The summed E-state index contributed by atoms with van der Waals surface area (Å²) in [4.78, 5) is 22.9. The summed E-state index contributed by atoms with van der Waals surface area (Å²) in [5, 5.41) is 0. The van der Waals surface area contributed by atoms with Gasteiger partial charge in [-0.25, -0.2) is 9.38 Å². The maximum atomic E-state index is 15.2. The SMILES string of the molecule is COC(=O)CC1c2cccc(F)c2N=C(N2CCN(c3cccc(OC)c3)CC2)N1c1ccc(OC)c(C(F)(F)F)c1.Cl. The molecule has 0 saturated carbocycles. The standard InChI is InChI=1S/C30H30F4N4O4.ClH/c1-40-21-7-4-6-19(16-21)36-12-14-37(15-13-36)29-35-28-22(8-5-9-24(28)31)25(18-27(39)42-3)38(29)20-10-11-26(41-2)23(17-20)30(32,33)34;/h4-11,16-17,25H,12-15,18H2,1-3H3;1H. The molecule has 0 bridgehead atoms. The summed E-state index contributed by atoms with van der Waals surface area (Å²) >= 11 is 0. The predicted molar refractivity (Wildman–Crippen MR) is 157 cm³/mol. The fraction of sp³-hybridized carbons (Fsp3) is 0.333. The number of ether oxygens (including phenoxy) is 3. The number of piperazine rings is 1. The normalized spacial score (nSPS) is 16.6. The van der Waals surface area contributed by atoms with E-state index in [0.717, 1.165) is 17.5 Å². The zero-order valence-corrected chi connectivity index (χ0v) is 24.5. The van der Waals surface area contributed by atoms with E-state index in [2.05, 4.69) is 9.89 Å². The first-order valence-electron chi connectivity index (χ1n) is 13.3. The van der Waals surface area contributed by atoms with Gasteiger partial charge in [-0.05, 0) is 36.4 Å². The quantitative estimate of drug-likeness (QED) is 0.239. The molecule has 0 amide bonds. The molecule has 13 heteroatoms. The summed E-state index contributed by atoms with van der Waals surface area (Å²) in [6, 6.07) is 14.8. The smallest absolute Gasteiger partial charge is 0.420 e. The number of benzene rings is 3. The number of guanidine groups is 1. The van der Waals surface area contributed by atoms with Crippen molar-refractivity contribution in [3.8, 4) is 11.5 Å². The highest BCUT2D eigenvalue weighted by molar-refractivity contribution is 6.01. The number of halogens is 5. The Labute approximate surface area is 252 Å². The summed E-state index contributed by atoms with van der Waals surface area (Å²) in [6.45, 7) is 1.98. The second-order valence-corrected chi connectivity index (χ2v) is 9.81. The zero-order valence-electron chi connectivity index (χ0n) is 23.7. The number of rotatable bonds is 6. The number of fused-ring (bicyclic) bond motifs is 1. The minimum absolute atomic E-state index is 0. The Morgan fingerprint density at radius 2 is 1.60 bits per heavy atom. The number of carbonyl (C=O) groups excluding carboxylic acids is 1. The van der Waals surface area contributed by atoms with Crippen LogP contribution in [-0.4, -0.2) is 64.3 Å². The molecule has 5 rings (SSSR count). The maximum absolute atomic E-state index is 15.2. The number of nitrogens with zero attached hydrogens (tertiary/aromatic N) is 4. The molecule has 8 nitrogen and oxygen atoms in total. The van der Waals surface area contributed by atoms with Crippen molar-refractivity contribution in [1.82, 2.24) is 4.90 Å². The van der Waals surface area contributed by atoms with Gasteiger partial charge in [-0.2, -0.15) is 13.2 Å². The molecule has 0 radical (unpaired) electrons. The van der Waals surface area contributed by atoms with Gasteiger partial charge in [-0.15, -0.1) is 12.4 Å². The van der Waals surface area contributed by atoms with Gasteiger partial charge in [0.25, 0.3) is 0 Å². The Bertz CT molecular complexity index is 1500. The van der Waals surface area contributed by atoms with E-state index in [1.807, 2.05) is 29.2 Å². The number of carbonyl (C=O) groups is 1. The van der Waals surface area contributed by atoms with Gasteiger partial charge in [0.15, 0.2) is 0 Å². The Hall–Kier alpha value is -4.19. The van der Waals surface area contributed by atoms with Crippen molar-refractivity contribution in [2.45, 2.75) is 18.6 Å². The van der Waals surface area contributed by atoms with E-state index in [1.54, 1.807) is 18.1 Å². The number of methoxy groups -OCH3 is 3. The highest BCUT2D eigenvalue weighted by Crippen LogP contribution is 2.45. The molecule has 2 aliphatic rings. The molecule has 0 aromatic heterocycles. The number of anilines is 2. The summed E-state index contributed by atoms with van der Waals surface area (Å²) in [5.41, 5.74) is 0.509. The molecule has 0 aliphatic carbocycles. The van der Waals surface area contributed by atoms with Crippen LogP contribution in [0.2, 0.25) is 0 Å². The Balaban J connectivity index is 0.00000423. The third kappa shape index (κ3) is 6.43. The van der Waals surface area contributed by atoms with E-state index >= 15 is 4.39 Å². The summed E-state index contributed by atoms with van der Waals surface area (Å²) < 4.78 is 72.6. The van der Waals surface area contributed by atoms with Crippen molar-refractivity contribution in [3.63, 3.8) is 0 Å². The van der Waals surface area contributed by atoms with E-state index in [1.165, 1.54) is 38.5 Å². The van der Waals surface area contributed by atoms with Crippen LogP contribution in [-0.2, 0) is 15.7 Å². The lowest BCUT2D eigenvalue weighted by atomic mass is 9.96. The number of para-hydroxylation sites is 1. The molecule has 0 N–H and O–H groups in total. The molecule has 0 spiro atoms. The van der Waals surface area contributed by atoms with Gasteiger partial charge in [0.1, 0.15) is 23.0 Å². The molecule has 1 atom stereocenters. The molecular weight excluding hydrogens is 592 g/mol. The Morgan fingerprint density at radius 3 is 2.26 bits per heavy atom. The van der Waals surface area contributed by atoms with Gasteiger partial charge >= 0.3 is 12.1 Å². The molecule has 3 aromatic rings. The lowest BCUT2D eigenvalue weighted by Crippen LogP contribution is -2.55. The highest BCUT2D eigenvalue weighted by Gasteiger charge is 2.40. The minimum Gasteiger partial charge on any atom is -0.497 e. The molecule has 1 unspecified atom stereocenters. The molecule has 230 valence electrons. The summed E-state index contributed by atoms with van der Waals surface area (Å²) in [7, 11) is 3.99. The van der Waals surface area contributed by atoms with Gasteiger partial charge in [0.2, 0.25) is 5.96 Å². The molecule has 43 heavy (non-hydrogen) atoms. The van der Waals surface area contributed by atoms with Crippen LogP contribution in [0.15, 0.2) is 65.7 Å². The zero-order chi connectivity index (χ0) is 30.0. The minimum atomic E-state index is -4.71. The topological polar surface area (TPSA) is 66.8 Å². The predicted octanol–water partition coefficient (Wildman–Crippen LogP) is 6.22. The van der Waals surface area contributed by atoms with Gasteiger partial charge in [-0.3, -0.25) is 4.79 Å². The second-order valence-electron chi connectivity index (χ2n) is 9.81. The largest absolute Gasteiger partial charge is 0.497 e. The highest BCUT2D eigenvalue weighted by atomic mass is 35.5. The number of esters is 1. The van der Waals surface area contributed by atoms with E-state index in [0.29, 0.717) is 31.7 Å². The van der Waals surface area contributed by atoms with Gasteiger partial charge in [-0.1, -0.05) is 18.2 Å². The van der Waals surface area contributed by atoms with Crippen molar-refractivity contribution in [2.75, 3.05) is 57.3 Å². The van der Waals surface area contributed by atoms with E-state index in [-0.39, 0.29) is 41.9 Å². The number of hydrogen-bond donors (Lipinski definition) is 0. The molecule has 1 fully saturated rings. The molecule has 3 aromatic carbocycles. The number of alkyl halides is 3. The molecular formula is C30H31ClF4N4O4. The molecule has 2 heterocycles. The fourth-order valence-corrected chi connectivity index (χ4v) is 5.35. The van der Waals surface area contributed by atoms with Crippen molar-refractivity contribution in [1.29, 1.82) is 0 Å². The van der Waals surface area contributed by atoms with Crippen LogP contribution in [0.3, 0.4) is 0 Å². The third-order valence-electron chi connectivity index (χ3n) is 7.45. The third-order valence-corrected chi connectivity index (χ3v) is 7.45. The molecule has 2 aliphatic heterocycles. The first-order valence-corrected chi connectivity index (χ1v) is 13.3. The van der Waals surface area contributed by atoms with Crippen LogP contribution < -0.4 is 19.3 Å². The van der Waals surface area contributed by atoms with E-state index < -0.39 is 29.6 Å². The van der Waals surface area contributed by atoms with Gasteiger partial charge < -0.3 is 28.9 Å². The van der Waals surface area contributed by atoms with Crippen LogP contribution in [0, 0.1) is 5.82 Å². The van der Waals surface area contributed by atoms with E-state index in [4.69, 9.17) is 14.2 Å². The molecule has 1 saturated heterocycles. The maximum Gasteiger partial charge on any atom is 0.420 e. The summed E-state index contributed by atoms with van der Waals surface area (Å²) in [6.07, 6.45) is -4.96. The van der Waals surface area contributed by atoms with Crippen molar-refractivity contribution in [2.24, 2.45) is 4.99 Å². The fourth-order valence-electron chi connectivity index (χ4n) is 5.35. The lowest BCUT2D eigenvalue weighted by molar-refractivity contribution is -0.141. The van der Waals surface area contributed by atoms with Crippen LogP contribution in [0.1, 0.15) is 23.6 Å². The van der Waals surface area contributed by atoms with Crippen LogP contribution in [0.4, 0.5) is 34.6 Å². The average molecular weight is 623 g/mol. The van der Waals surface area contributed by atoms with Gasteiger partial charge in [0.05, 0.1) is 39.4 Å². The first-order chi connectivity index (χ1) is 20.1. The summed E-state index contributed by atoms with van der Waals surface area (Å²) in [5.74, 6) is -0.584. The Kier molecular flexibility index (Phi) is 9.59. The Morgan fingerprint density at radius 1 is 0.907 bits per heavy atom. The van der Waals surface area contributed by atoms with Crippen molar-refractivity contribution in [3.05, 3.63) is 77.6 Å².